The number of hydrogen-bond acceptors (Lipinski definition) is 4. The second-order valence-corrected chi connectivity index (χ2v) is 6.34. The minimum atomic E-state index is -4.50. The summed E-state index contributed by atoms with van der Waals surface area (Å²) in [6, 6.07) is 5.01. The van der Waals surface area contributed by atoms with Crippen molar-refractivity contribution in [2.24, 2.45) is 0 Å². The molecule has 2 rings (SSSR count). The molecule has 1 heterocycles. The van der Waals surface area contributed by atoms with E-state index in [0.717, 1.165) is 12.1 Å². The van der Waals surface area contributed by atoms with E-state index in [2.05, 4.69) is 9.72 Å². The van der Waals surface area contributed by atoms with E-state index < -0.39 is 21.8 Å². The van der Waals surface area contributed by atoms with Crippen LogP contribution in [0, 0.1) is 0 Å². The normalized spacial score (nSPS) is 12.6. The predicted octanol–water partition coefficient (Wildman–Crippen LogP) is 3.10. The first kappa shape index (κ1) is 14.9. The fraction of sp³-hybridized carbons (Fsp3) is 0.182. The monoisotopic (exact) mass is 325 g/mol. The summed E-state index contributed by atoms with van der Waals surface area (Å²) in [5.74, 6) is -0.165. The van der Waals surface area contributed by atoms with Gasteiger partial charge in [-0.05, 0) is 24.3 Å². The molecule has 9 heteroatoms. The Morgan fingerprint density at radius 3 is 2.55 bits per heavy atom. The lowest BCUT2D eigenvalue weighted by molar-refractivity contribution is -0.153. The highest BCUT2D eigenvalue weighted by Crippen LogP contribution is 2.31. The highest BCUT2D eigenvalue weighted by Gasteiger charge is 2.29. The molecule has 0 fully saturated rings. The molecule has 0 unspecified atom stereocenters. The molecule has 1 aromatic heterocycles. The van der Waals surface area contributed by atoms with Crippen molar-refractivity contribution in [3.8, 4) is 5.75 Å². The molecule has 108 valence electrons. The Labute approximate surface area is 116 Å². The van der Waals surface area contributed by atoms with Crippen molar-refractivity contribution in [3.05, 3.63) is 30.5 Å². The number of pyridine rings is 1. The second kappa shape index (κ2) is 5.10. The van der Waals surface area contributed by atoms with Crippen molar-refractivity contribution in [3.63, 3.8) is 0 Å². The van der Waals surface area contributed by atoms with Gasteiger partial charge in [0.25, 0.3) is 9.05 Å². The molecule has 0 spiro atoms. The molecule has 0 saturated carbocycles. The molecule has 0 N–H and O–H groups in total. The first-order valence-electron chi connectivity index (χ1n) is 5.20. The lowest BCUT2D eigenvalue weighted by atomic mass is 10.2. The molecule has 0 saturated heterocycles. The largest absolute Gasteiger partial charge is 0.482 e. The maximum atomic E-state index is 12.1. The van der Waals surface area contributed by atoms with Gasteiger partial charge in [-0.15, -0.1) is 0 Å². The van der Waals surface area contributed by atoms with Gasteiger partial charge < -0.3 is 4.74 Å². The maximum Gasteiger partial charge on any atom is 0.422 e. The van der Waals surface area contributed by atoms with Crippen LogP contribution in [0.3, 0.4) is 0 Å². The van der Waals surface area contributed by atoms with E-state index >= 15 is 0 Å². The first-order chi connectivity index (χ1) is 9.18. The van der Waals surface area contributed by atoms with Crippen LogP contribution in [-0.2, 0) is 9.05 Å². The molecule has 2 aromatic rings. The first-order valence-corrected chi connectivity index (χ1v) is 7.51. The van der Waals surface area contributed by atoms with E-state index in [1.807, 2.05) is 0 Å². The third-order valence-corrected chi connectivity index (χ3v) is 3.73. The fourth-order valence-electron chi connectivity index (χ4n) is 1.61. The summed E-state index contributed by atoms with van der Waals surface area (Å²) < 4.78 is 63.9. The average molecular weight is 326 g/mol. The van der Waals surface area contributed by atoms with Gasteiger partial charge >= 0.3 is 6.18 Å². The van der Waals surface area contributed by atoms with Crippen LogP contribution in [0.5, 0.6) is 5.75 Å². The number of ether oxygens (including phenoxy) is 1. The Morgan fingerprint density at radius 2 is 1.95 bits per heavy atom. The molecule has 0 radical (unpaired) electrons. The maximum absolute atomic E-state index is 12.1. The highest BCUT2D eigenvalue weighted by molar-refractivity contribution is 8.14. The van der Waals surface area contributed by atoms with E-state index in [1.54, 1.807) is 0 Å². The summed E-state index contributed by atoms with van der Waals surface area (Å²) >= 11 is 0. The number of rotatable bonds is 3. The molecular weight excluding hydrogens is 319 g/mol. The van der Waals surface area contributed by atoms with Crippen LogP contribution in [-0.4, -0.2) is 26.2 Å². The molecule has 0 amide bonds. The molecule has 0 atom stereocenters. The van der Waals surface area contributed by atoms with Crippen LogP contribution < -0.4 is 4.74 Å². The number of halogens is 4. The predicted molar refractivity (Wildman–Crippen MR) is 66.3 cm³/mol. The lowest BCUT2D eigenvalue weighted by Crippen LogP contribution is -2.19. The minimum Gasteiger partial charge on any atom is -0.482 e. The number of nitrogens with zero attached hydrogens (tertiary/aromatic N) is 1. The van der Waals surface area contributed by atoms with Gasteiger partial charge in [-0.25, -0.2) is 8.42 Å². The zero-order chi connectivity index (χ0) is 15.0. The van der Waals surface area contributed by atoms with Gasteiger partial charge in [0.2, 0.25) is 0 Å². The van der Waals surface area contributed by atoms with Crippen LogP contribution in [0.4, 0.5) is 13.2 Å². The average Bonchev–Trinajstić information content (AvgIpc) is 2.33. The molecule has 0 aliphatic carbocycles. The summed E-state index contributed by atoms with van der Waals surface area (Å²) in [4.78, 5) is 3.61. The van der Waals surface area contributed by atoms with Crippen molar-refractivity contribution >= 4 is 30.6 Å². The Bertz CT molecular complexity index is 746. The van der Waals surface area contributed by atoms with Gasteiger partial charge in [0.15, 0.2) is 6.61 Å². The van der Waals surface area contributed by atoms with Crippen molar-refractivity contribution in [2.75, 3.05) is 6.61 Å². The molecule has 0 bridgehead atoms. The Balaban J connectivity index is 2.55. The van der Waals surface area contributed by atoms with Crippen LogP contribution in [0.1, 0.15) is 0 Å². The summed E-state index contributed by atoms with van der Waals surface area (Å²) in [5.41, 5.74) is -0.00141. The van der Waals surface area contributed by atoms with Gasteiger partial charge in [0.05, 0.1) is 4.90 Å². The Hall–Kier alpha value is -1.54. The van der Waals surface area contributed by atoms with Crippen molar-refractivity contribution < 1.29 is 26.3 Å². The number of aromatic nitrogens is 1. The number of fused-ring (bicyclic) bond motifs is 1. The van der Waals surface area contributed by atoms with Crippen molar-refractivity contribution in [1.82, 2.24) is 4.98 Å². The van der Waals surface area contributed by atoms with Crippen molar-refractivity contribution in [1.29, 1.82) is 0 Å². The summed E-state index contributed by atoms with van der Waals surface area (Å²) in [6.45, 7) is -1.49. The van der Waals surface area contributed by atoms with E-state index in [9.17, 15) is 21.6 Å². The number of alkyl halides is 3. The molecular formula is C11H7ClF3NO3S. The van der Waals surface area contributed by atoms with Gasteiger partial charge in [-0.3, -0.25) is 4.98 Å². The smallest absolute Gasteiger partial charge is 0.422 e. The quantitative estimate of drug-likeness (QED) is 0.814. The summed E-state index contributed by atoms with van der Waals surface area (Å²) in [6.07, 6.45) is -3.19. The summed E-state index contributed by atoms with van der Waals surface area (Å²) in [7, 11) is 1.23. The van der Waals surface area contributed by atoms with Crippen LogP contribution in [0.2, 0.25) is 0 Å². The van der Waals surface area contributed by atoms with Gasteiger partial charge in [0, 0.05) is 22.3 Å². The van der Waals surface area contributed by atoms with E-state index in [1.165, 1.54) is 18.3 Å². The topological polar surface area (TPSA) is 56.3 Å². The SMILES string of the molecule is O=S(=O)(Cl)c1ccc(OCC(F)(F)F)c2ncccc12. The van der Waals surface area contributed by atoms with E-state index in [-0.39, 0.29) is 21.5 Å². The van der Waals surface area contributed by atoms with Crippen LogP contribution >= 0.6 is 10.7 Å². The third-order valence-electron chi connectivity index (χ3n) is 2.35. The zero-order valence-corrected chi connectivity index (χ0v) is 11.3. The third kappa shape index (κ3) is 3.31. The highest BCUT2D eigenvalue weighted by atomic mass is 35.7. The van der Waals surface area contributed by atoms with Gasteiger partial charge in [-0.2, -0.15) is 13.2 Å². The van der Waals surface area contributed by atoms with Crippen LogP contribution in [0.15, 0.2) is 35.4 Å². The Kier molecular flexibility index (Phi) is 3.79. The Morgan fingerprint density at radius 1 is 1.25 bits per heavy atom. The van der Waals surface area contributed by atoms with E-state index in [4.69, 9.17) is 10.7 Å². The lowest BCUT2D eigenvalue weighted by Gasteiger charge is -2.12. The summed E-state index contributed by atoms with van der Waals surface area (Å²) in [5, 5.41) is 0.0992. The standard InChI is InChI=1S/C11H7ClF3NO3S/c12-20(17,18)9-4-3-8(19-6-11(13,14)15)10-7(9)2-1-5-16-10/h1-5H,6H2. The van der Waals surface area contributed by atoms with E-state index in [0.29, 0.717) is 0 Å². The molecule has 0 aliphatic heterocycles. The van der Waals surface area contributed by atoms with Gasteiger partial charge in [-0.1, -0.05) is 0 Å². The second-order valence-electron chi connectivity index (χ2n) is 3.80. The zero-order valence-electron chi connectivity index (χ0n) is 9.69. The molecule has 0 aliphatic rings. The molecule has 4 nitrogen and oxygen atoms in total. The fourth-order valence-corrected chi connectivity index (χ4v) is 2.67. The molecule has 20 heavy (non-hydrogen) atoms. The minimum absolute atomic E-state index is 0.00141. The van der Waals surface area contributed by atoms with Crippen LogP contribution in [0.25, 0.3) is 10.9 Å². The molecule has 1 aromatic carbocycles. The van der Waals surface area contributed by atoms with Crippen molar-refractivity contribution in [2.45, 2.75) is 11.1 Å². The van der Waals surface area contributed by atoms with Gasteiger partial charge in [0.1, 0.15) is 11.3 Å². The number of hydrogen-bond donors (Lipinski definition) is 0. The number of benzene rings is 1.